The van der Waals surface area contributed by atoms with Crippen molar-refractivity contribution in [2.24, 2.45) is 5.73 Å². The minimum absolute atomic E-state index is 0.392. The van der Waals surface area contributed by atoms with Gasteiger partial charge in [0.2, 0.25) is 0 Å². The maximum atomic E-state index is 5.70. The molecule has 92 valence electrons. The second-order valence-corrected chi connectivity index (χ2v) is 5.14. The van der Waals surface area contributed by atoms with Crippen LogP contribution in [0.1, 0.15) is 11.1 Å². The van der Waals surface area contributed by atoms with E-state index in [1.165, 1.54) is 0 Å². The van der Waals surface area contributed by atoms with Gasteiger partial charge in [0, 0.05) is 16.2 Å². The summed E-state index contributed by atoms with van der Waals surface area (Å²) in [5.41, 5.74) is 7.47. The highest BCUT2D eigenvalue weighted by molar-refractivity contribution is 9.10. The van der Waals surface area contributed by atoms with Crippen molar-refractivity contribution in [3.63, 3.8) is 0 Å². The van der Waals surface area contributed by atoms with Gasteiger partial charge in [0.1, 0.15) is 16.5 Å². The van der Waals surface area contributed by atoms with Crippen molar-refractivity contribution < 1.29 is 4.74 Å². The quantitative estimate of drug-likeness (QED) is 0.877. The standard InChI is InChI=1S/C13H11BrN2OS/c1-8-4-10(2-3-12(8)13(15)18)17-11-5-9(14)6-16-7-11/h2-7H,1H3,(H2,15,18). The maximum absolute atomic E-state index is 5.70. The lowest BCUT2D eigenvalue weighted by Crippen LogP contribution is -2.10. The second kappa shape index (κ2) is 5.46. The van der Waals surface area contributed by atoms with Gasteiger partial charge in [-0.25, -0.2) is 0 Å². The number of nitrogens with zero attached hydrogens (tertiary/aromatic N) is 1. The number of aromatic nitrogens is 1. The lowest BCUT2D eigenvalue weighted by molar-refractivity contribution is 0.479. The molecule has 2 rings (SSSR count). The fraction of sp³-hybridized carbons (Fsp3) is 0.0769. The SMILES string of the molecule is Cc1cc(Oc2cncc(Br)c2)ccc1C(N)=S. The molecule has 0 aliphatic rings. The molecule has 0 spiro atoms. The Balaban J connectivity index is 2.25. The molecule has 1 aromatic heterocycles. The third-order valence-corrected chi connectivity index (χ3v) is 3.03. The van der Waals surface area contributed by atoms with E-state index in [4.69, 9.17) is 22.7 Å². The molecule has 0 amide bonds. The van der Waals surface area contributed by atoms with Crippen LogP contribution in [0.5, 0.6) is 11.5 Å². The van der Waals surface area contributed by atoms with E-state index in [0.717, 1.165) is 21.3 Å². The van der Waals surface area contributed by atoms with Gasteiger partial charge in [-0.2, -0.15) is 0 Å². The molecule has 0 atom stereocenters. The lowest BCUT2D eigenvalue weighted by atomic mass is 10.1. The molecule has 0 aliphatic carbocycles. The Morgan fingerprint density at radius 1 is 1.28 bits per heavy atom. The number of ether oxygens (including phenoxy) is 1. The minimum Gasteiger partial charge on any atom is -0.456 e. The number of hydrogen-bond acceptors (Lipinski definition) is 3. The largest absolute Gasteiger partial charge is 0.456 e. The number of halogens is 1. The van der Waals surface area contributed by atoms with Crippen LogP contribution in [0.2, 0.25) is 0 Å². The van der Waals surface area contributed by atoms with Crippen LogP contribution in [-0.4, -0.2) is 9.97 Å². The van der Waals surface area contributed by atoms with Crippen LogP contribution >= 0.6 is 28.1 Å². The fourth-order valence-corrected chi connectivity index (χ4v) is 2.13. The molecular weight excluding hydrogens is 312 g/mol. The summed E-state index contributed by atoms with van der Waals surface area (Å²) >= 11 is 8.30. The molecular formula is C13H11BrN2OS. The number of aryl methyl sites for hydroxylation is 1. The van der Waals surface area contributed by atoms with Gasteiger partial charge in [0.15, 0.2) is 0 Å². The number of benzene rings is 1. The van der Waals surface area contributed by atoms with Gasteiger partial charge < -0.3 is 10.5 Å². The van der Waals surface area contributed by atoms with E-state index in [2.05, 4.69) is 20.9 Å². The fourth-order valence-electron chi connectivity index (χ4n) is 1.56. The molecule has 1 heterocycles. The zero-order valence-corrected chi connectivity index (χ0v) is 12.1. The van der Waals surface area contributed by atoms with Gasteiger partial charge in [-0.15, -0.1) is 0 Å². The molecule has 5 heteroatoms. The van der Waals surface area contributed by atoms with E-state index in [9.17, 15) is 0 Å². The zero-order chi connectivity index (χ0) is 13.1. The Labute approximate surface area is 119 Å². The smallest absolute Gasteiger partial charge is 0.146 e. The summed E-state index contributed by atoms with van der Waals surface area (Å²) < 4.78 is 6.57. The van der Waals surface area contributed by atoms with Crippen LogP contribution in [0.25, 0.3) is 0 Å². The van der Waals surface area contributed by atoms with Gasteiger partial charge in [0.05, 0.1) is 6.20 Å². The topological polar surface area (TPSA) is 48.1 Å². The second-order valence-electron chi connectivity index (χ2n) is 3.78. The predicted octanol–water partition coefficient (Wildman–Crippen LogP) is 3.58. The summed E-state index contributed by atoms with van der Waals surface area (Å²) in [6, 6.07) is 7.44. The van der Waals surface area contributed by atoms with E-state index in [-0.39, 0.29) is 0 Å². The third-order valence-electron chi connectivity index (χ3n) is 2.38. The Morgan fingerprint density at radius 3 is 2.67 bits per heavy atom. The first-order valence-electron chi connectivity index (χ1n) is 5.25. The minimum atomic E-state index is 0.392. The van der Waals surface area contributed by atoms with Crippen LogP contribution in [0.3, 0.4) is 0 Å². The molecule has 18 heavy (non-hydrogen) atoms. The Hall–Kier alpha value is -1.46. The first-order chi connectivity index (χ1) is 8.56. The molecule has 0 fully saturated rings. The number of pyridine rings is 1. The Morgan fingerprint density at radius 2 is 2.06 bits per heavy atom. The summed E-state index contributed by atoms with van der Waals surface area (Å²) in [5, 5.41) is 0. The van der Waals surface area contributed by atoms with Crippen molar-refractivity contribution in [2.75, 3.05) is 0 Å². The highest BCUT2D eigenvalue weighted by Crippen LogP contribution is 2.25. The first-order valence-corrected chi connectivity index (χ1v) is 6.45. The van der Waals surface area contributed by atoms with Crippen LogP contribution in [0, 0.1) is 6.92 Å². The lowest BCUT2D eigenvalue weighted by Gasteiger charge is -2.09. The van der Waals surface area contributed by atoms with E-state index in [0.29, 0.717) is 10.7 Å². The number of thiocarbonyl (C=S) groups is 1. The molecule has 2 N–H and O–H groups in total. The average Bonchev–Trinajstić information content (AvgIpc) is 2.28. The molecule has 0 unspecified atom stereocenters. The Kier molecular flexibility index (Phi) is 3.93. The number of nitrogens with two attached hydrogens (primary N) is 1. The van der Waals surface area contributed by atoms with Crippen molar-refractivity contribution >= 4 is 33.1 Å². The van der Waals surface area contributed by atoms with Gasteiger partial charge in [-0.3, -0.25) is 4.98 Å². The van der Waals surface area contributed by atoms with Gasteiger partial charge in [-0.05, 0) is 52.7 Å². The average molecular weight is 323 g/mol. The summed E-state index contributed by atoms with van der Waals surface area (Å²) in [4.78, 5) is 4.43. The summed E-state index contributed by atoms with van der Waals surface area (Å²) in [6.45, 7) is 1.94. The van der Waals surface area contributed by atoms with E-state index >= 15 is 0 Å². The van der Waals surface area contributed by atoms with Crippen molar-refractivity contribution in [3.05, 3.63) is 52.3 Å². The molecule has 0 aliphatic heterocycles. The van der Waals surface area contributed by atoms with Gasteiger partial charge >= 0.3 is 0 Å². The van der Waals surface area contributed by atoms with Crippen molar-refractivity contribution in [1.29, 1.82) is 0 Å². The number of hydrogen-bond donors (Lipinski definition) is 1. The summed E-state index contributed by atoms with van der Waals surface area (Å²) in [6.07, 6.45) is 3.36. The zero-order valence-electron chi connectivity index (χ0n) is 9.68. The Bertz CT molecular complexity index is 601. The van der Waals surface area contributed by atoms with Crippen LogP contribution in [-0.2, 0) is 0 Å². The maximum Gasteiger partial charge on any atom is 0.146 e. The summed E-state index contributed by atoms with van der Waals surface area (Å²) in [5.74, 6) is 1.40. The van der Waals surface area contributed by atoms with Crippen LogP contribution in [0.15, 0.2) is 41.1 Å². The van der Waals surface area contributed by atoms with Crippen molar-refractivity contribution in [2.45, 2.75) is 6.92 Å². The molecule has 2 aromatic rings. The van der Waals surface area contributed by atoms with Crippen molar-refractivity contribution in [1.82, 2.24) is 4.98 Å². The molecule has 3 nitrogen and oxygen atoms in total. The van der Waals surface area contributed by atoms with Crippen molar-refractivity contribution in [3.8, 4) is 11.5 Å². The number of rotatable bonds is 3. The van der Waals surface area contributed by atoms with Gasteiger partial charge in [0.25, 0.3) is 0 Å². The van der Waals surface area contributed by atoms with Crippen LogP contribution < -0.4 is 10.5 Å². The first kappa shape index (κ1) is 13.0. The van der Waals surface area contributed by atoms with E-state index in [1.807, 2.05) is 31.2 Å². The van der Waals surface area contributed by atoms with Gasteiger partial charge in [-0.1, -0.05) is 12.2 Å². The monoisotopic (exact) mass is 322 g/mol. The summed E-state index contributed by atoms with van der Waals surface area (Å²) in [7, 11) is 0. The third kappa shape index (κ3) is 3.05. The predicted molar refractivity (Wildman–Crippen MR) is 79.1 cm³/mol. The molecule has 0 radical (unpaired) electrons. The molecule has 0 saturated heterocycles. The highest BCUT2D eigenvalue weighted by Gasteiger charge is 2.04. The molecule has 1 aromatic carbocycles. The normalized spacial score (nSPS) is 10.1. The van der Waals surface area contributed by atoms with E-state index < -0.39 is 0 Å². The van der Waals surface area contributed by atoms with E-state index in [1.54, 1.807) is 12.4 Å². The highest BCUT2D eigenvalue weighted by atomic mass is 79.9. The molecule has 0 saturated carbocycles. The van der Waals surface area contributed by atoms with Crippen LogP contribution in [0.4, 0.5) is 0 Å². The molecule has 0 bridgehead atoms.